The molecule has 0 aliphatic heterocycles. The Hall–Kier alpha value is -3.49. The maximum Gasteiger partial charge on any atom is 0.262 e. The lowest BCUT2D eigenvalue weighted by molar-refractivity contribution is -0.123. The van der Waals surface area contributed by atoms with E-state index < -0.39 is 23.0 Å². The SMILES string of the molecule is CNC(=O)c1cnc(NC(=O)C(C)(C)C)cc1NC(=O)c1c(F)cccc1OC. The molecule has 0 aliphatic rings. The molecule has 3 amide bonds. The van der Waals surface area contributed by atoms with Crippen molar-refractivity contribution in [2.75, 3.05) is 24.8 Å². The van der Waals surface area contributed by atoms with Crippen molar-refractivity contribution in [1.29, 1.82) is 0 Å². The van der Waals surface area contributed by atoms with Gasteiger partial charge >= 0.3 is 0 Å². The Balaban J connectivity index is 2.44. The monoisotopic (exact) mass is 402 g/mol. The minimum absolute atomic E-state index is 0.0410. The summed E-state index contributed by atoms with van der Waals surface area (Å²) < 4.78 is 19.3. The standard InChI is InChI=1S/C20H23FN4O4/c1-20(2,3)19(28)25-15-9-13(11(10-23-15)17(26)22-4)24-18(27)16-12(21)7-6-8-14(16)29-5/h6-10H,1-5H3,(H,22,26)(H2,23,24,25,27,28). The lowest BCUT2D eigenvalue weighted by Gasteiger charge is -2.18. The molecule has 154 valence electrons. The molecule has 9 heteroatoms. The van der Waals surface area contributed by atoms with Crippen LogP contribution in [-0.4, -0.2) is 36.9 Å². The largest absolute Gasteiger partial charge is 0.496 e. The van der Waals surface area contributed by atoms with Gasteiger partial charge in [0.15, 0.2) is 0 Å². The average Bonchev–Trinajstić information content (AvgIpc) is 2.66. The summed E-state index contributed by atoms with van der Waals surface area (Å²) in [6.45, 7) is 5.19. The fourth-order valence-corrected chi connectivity index (χ4v) is 2.33. The number of rotatable bonds is 5. The highest BCUT2D eigenvalue weighted by molar-refractivity contribution is 6.10. The van der Waals surface area contributed by atoms with Crippen molar-refractivity contribution in [1.82, 2.24) is 10.3 Å². The molecule has 0 spiro atoms. The fraction of sp³-hybridized carbons (Fsp3) is 0.300. The van der Waals surface area contributed by atoms with Crippen LogP contribution in [0.4, 0.5) is 15.9 Å². The number of carbonyl (C=O) groups excluding carboxylic acids is 3. The molecule has 0 saturated carbocycles. The van der Waals surface area contributed by atoms with Crippen LogP contribution < -0.4 is 20.7 Å². The molecule has 8 nitrogen and oxygen atoms in total. The van der Waals surface area contributed by atoms with E-state index in [4.69, 9.17) is 4.74 Å². The van der Waals surface area contributed by atoms with Gasteiger partial charge in [0.2, 0.25) is 5.91 Å². The average molecular weight is 402 g/mol. The van der Waals surface area contributed by atoms with Crippen molar-refractivity contribution >= 4 is 29.2 Å². The summed E-state index contributed by atoms with van der Waals surface area (Å²) in [5.74, 6) is -2.23. The van der Waals surface area contributed by atoms with Gasteiger partial charge in [-0.1, -0.05) is 26.8 Å². The zero-order valence-electron chi connectivity index (χ0n) is 16.8. The summed E-state index contributed by atoms with van der Waals surface area (Å²) >= 11 is 0. The number of nitrogens with zero attached hydrogens (tertiary/aromatic N) is 1. The van der Waals surface area contributed by atoms with Crippen LogP contribution in [0.1, 0.15) is 41.5 Å². The molecule has 0 fully saturated rings. The molecule has 0 radical (unpaired) electrons. The number of hydrogen-bond donors (Lipinski definition) is 3. The predicted octanol–water partition coefficient (Wildman–Crippen LogP) is 2.83. The summed E-state index contributed by atoms with van der Waals surface area (Å²) in [7, 11) is 2.73. The van der Waals surface area contributed by atoms with Crippen molar-refractivity contribution in [3.8, 4) is 5.75 Å². The van der Waals surface area contributed by atoms with Gasteiger partial charge in [-0.3, -0.25) is 14.4 Å². The van der Waals surface area contributed by atoms with E-state index in [1.54, 1.807) is 20.8 Å². The van der Waals surface area contributed by atoms with Gasteiger partial charge in [-0.15, -0.1) is 0 Å². The molecular formula is C20H23FN4O4. The molecule has 0 bridgehead atoms. The van der Waals surface area contributed by atoms with Crippen molar-refractivity contribution < 1.29 is 23.5 Å². The normalized spacial score (nSPS) is 10.8. The second kappa shape index (κ2) is 8.68. The van der Waals surface area contributed by atoms with Crippen LogP contribution >= 0.6 is 0 Å². The molecule has 2 rings (SSSR count). The molecule has 0 atom stereocenters. The fourth-order valence-electron chi connectivity index (χ4n) is 2.33. The van der Waals surface area contributed by atoms with Gasteiger partial charge in [0.05, 0.1) is 18.4 Å². The Morgan fingerprint density at radius 2 is 1.79 bits per heavy atom. The summed E-state index contributed by atoms with van der Waals surface area (Å²) in [6, 6.07) is 5.31. The number of carbonyl (C=O) groups is 3. The Labute approximate surface area is 167 Å². The second-order valence-corrected chi connectivity index (χ2v) is 7.17. The first-order chi connectivity index (χ1) is 13.6. The summed E-state index contributed by atoms with van der Waals surface area (Å²) in [5, 5.41) is 7.56. The minimum Gasteiger partial charge on any atom is -0.496 e. The van der Waals surface area contributed by atoms with Crippen molar-refractivity contribution in [3.05, 3.63) is 47.4 Å². The van der Waals surface area contributed by atoms with Gasteiger partial charge in [-0.2, -0.15) is 0 Å². The number of nitrogens with one attached hydrogen (secondary N) is 3. The Kier molecular flexibility index (Phi) is 6.53. The quantitative estimate of drug-likeness (QED) is 0.713. The van der Waals surface area contributed by atoms with Gasteiger partial charge in [0.1, 0.15) is 22.9 Å². The number of amides is 3. The number of anilines is 2. The van der Waals surface area contributed by atoms with Gasteiger partial charge in [0.25, 0.3) is 11.8 Å². The molecule has 29 heavy (non-hydrogen) atoms. The molecule has 3 N–H and O–H groups in total. The molecule has 1 heterocycles. The van der Waals surface area contributed by atoms with Crippen LogP contribution in [-0.2, 0) is 4.79 Å². The number of benzene rings is 1. The molecule has 0 saturated heterocycles. The summed E-state index contributed by atoms with van der Waals surface area (Å²) in [4.78, 5) is 41.1. The lowest BCUT2D eigenvalue weighted by atomic mass is 9.96. The number of methoxy groups -OCH3 is 1. The predicted molar refractivity (Wildman–Crippen MR) is 107 cm³/mol. The molecule has 0 aliphatic carbocycles. The van der Waals surface area contributed by atoms with Crippen LogP contribution in [0.25, 0.3) is 0 Å². The topological polar surface area (TPSA) is 109 Å². The van der Waals surface area contributed by atoms with E-state index in [1.807, 2.05) is 0 Å². The first kappa shape index (κ1) is 21.8. The van der Waals surface area contributed by atoms with Crippen LogP contribution in [0.15, 0.2) is 30.5 Å². The summed E-state index contributed by atoms with van der Waals surface area (Å²) in [6.07, 6.45) is 1.21. The van der Waals surface area contributed by atoms with E-state index in [1.165, 1.54) is 38.6 Å². The highest BCUT2D eigenvalue weighted by atomic mass is 19.1. The molecule has 0 unspecified atom stereocenters. The van der Waals surface area contributed by atoms with Crippen LogP contribution in [0.3, 0.4) is 0 Å². The van der Waals surface area contributed by atoms with E-state index in [0.29, 0.717) is 0 Å². The Morgan fingerprint density at radius 3 is 2.38 bits per heavy atom. The maximum absolute atomic E-state index is 14.2. The lowest BCUT2D eigenvalue weighted by Crippen LogP contribution is -2.28. The van der Waals surface area contributed by atoms with E-state index in [0.717, 1.165) is 6.07 Å². The van der Waals surface area contributed by atoms with E-state index in [9.17, 15) is 18.8 Å². The zero-order chi connectivity index (χ0) is 21.8. The number of hydrogen-bond acceptors (Lipinski definition) is 5. The van der Waals surface area contributed by atoms with Gasteiger partial charge in [-0.25, -0.2) is 9.37 Å². The molecule has 1 aromatic heterocycles. The third-order valence-electron chi connectivity index (χ3n) is 3.97. The van der Waals surface area contributed by atoms with E-state index >= 15 is 0 Å². The highest BCUT2D eigenvalue weighted by Crippen LogP contribution is 2.25. The van der Waals surface area contributed by atoms with Crippen molar-refractivity contribution in [2.45, 2.75) is 20.8 Å². The van der Waals surface area contributed by atoms with Crippen LogP contribution in [0, 0.1) is 11.2 Å². The second-order valence-electron chi connectivity index (χ2n) is 7.17. The summed E-state index contributed by atoms with van der Waals surface area (Å²) in [5.41, 5.74) is -0.885. The van der Waals surface area contributed by atoms with Crippen LogP contribution in [0.5, 0.6) is 5.75 Å². The number of aromatic nitrogens is 1. The van der Waals surface area contributed by atoms with Gasteiger partial charge in [0, 0.05) is 24.7 Å². The van der Waals surface area contributed by atoms with Gasteiger partial charge in [-0.05, 0) is 12.1 Å². The van der Waals surface area contributed by atoms with Crippen molar-refractivity contribution in [3.63, 3.8) is 0 Å². The first-order valence-electron chi connectivity index (χ1n) is 8.76. The van der Waals surface area contributed by atoms with E-state index in [2.05, 4.69) is 20.9 Å². The number of ether oxygens (including phenoxy) is 1. The molecular weight excluding hydrogens is 379 g/mol. The van der Waals surface area contributed by atoms with Crippen LogP contribution in [0.2, 0.25) is 0 Å². The maximum atomic E-state index is 14.2. The molecule has 2 aromatic rings. The highest BCUT2D eigenvalue weighted by Gasteiger charge is 2.24. The van der Waals surface area contributed by atoms with E-state index in [-0.39, 0.29) is 34.3 Å². The Morgan fingerprint density at radius 1 is 1.10 bits per heavy atom. The zero-order valence-corrected chi connectivity index (χ0v) is 16.8. The third kappa shape index (κ3) is 5.07. The van der Waals surface area contributed by atoms with Gasteiger partial charge < -0.3 is 20.7 Å². The third-order valence-corrected chi connectivity index (χ3v) is 3.97. The smallest absolute Gasteiger partial charge is 0.262 e. The first-order valence-corrected chi connectivity index (χ1v) is 8.76. The molecule has 1 aromatic carbocycles. The minimum atomic E-state index is -0.815. The Bertz CT molecular complexity index is 954. The van der Waals surface area contributed by atoms with Crippen molar-refractivity contribution in [2.24, 2.45) is 5.41 Å². The number of pyridine rings is 1. The number of halogens is 1.